The van der Waals surface area contributed by atoms with Crippen LogP contribution in [0.5, 0.6) is 11.5 Å². The van der Waals surface area contributed by atoms with Crippen molar-refractivity contribution in [1.82, 2.24) is 20.2 Å². The summed E-state index contributed by atoms with van der Waals surface area (Å²) in [5.74, 6) is 1.37. The van der Waals surface area contributed by atoms with Gasteiger partial charge in [-0.05, 0) is 81.8 Å². The molecule has 13 heteroatoms. The lowest BCUT2D eigenvalue weighted by Gasteiger charge is -2.32. The smallest absolute Gasteiger partial charge is 0.410 e. The Morgan fingerprint density at radius 2 is 1.71 bits per heavy atom. The molecule has 3 aromatic rings. The Morgan fingerprint density at radius 3 is 2.33 bits per heavy atom. The number of aromatic nitrogens is 2. The molecule has 3 atom stereocenters. The van der Waals surface area contributed by atoms with E-state index in [1.54, 1.807) is 37.6 Å². The van der Waals surface area contributed by atoms with Gasteiger partial charge in [-0.15, -0.1) is 12.4 Å². The van der Waals surface area contributed by atoms with Gasteiger partial charge in [0.2, 0.25) is 5.91 Å². The summed E-state index contributed by atoms with van der Waals surface area (Å²) in [6.45, 7) is 7.95. The van der Waals surface area contributed by atoms with Gasteiger partial charge in [-0.2, -0.15) is 0 Å². The first kappa shape index (κ1) is 36.5. The van der Waals surface area contributed by atoms with Crippen molar-refractivity contribution < 1.29 is 23.8 Å². The fourth-order valence-corrected chi connectivity index (χ4v) is 6.11. The Hall–Kier alpha value is -2.92. The number of thioether (sulfide) groups is 1. The number of ether oxygens (including phenoxy) is 3. The van der Waals surface area contributed by atoms with E-state index in [4.69, 9.17) is 37.4 Å². The van der Waals surface area contributed by atoms with Gasteiger partial charge in [0.1, 0.15) is 5.60 Å². The molecule has 1 aliphatic rings. The molecule has 244 valence electrons. The third-order valence-electron chi connectivity index (χ3n) is 7.21. The SMILES string of the molecule is COc1ccc(-c2cnc(SCC(=O)NC(C)[C@@H]3C[C@@H](Cc4ccc(Cl)c(Cl)c4)CN3C(=O)OC(C)(C)C)nc2)cc1OC.Cl. The van der Waals surface area contributed by atoms with Crippen LogP contribution in [-0.4, -0.2) is 71.1 Å². The van der Waals surface area contributed by atoms with Gasteiger partial charge < -0.3 is 24.4 Å². The van der Waals surface area contributed by atoms with Crippen molar-refractivity contribution in [1.29, 1.82) is 0 Å². The molecule has 0 spiro atoms. The van der Waals surface area contributed by atoms with Gasteiger partial charge in [0.25, 0.3) is 0 Å². The predicted octanol–water partition coefficient (Wildman–Crippen LogP) is 7.35. The van der Waals surface area contributed by atoms with E-state index in [1.165, 1.54) is 11.8 Å². The summed E-state index contributed by atoms with van der Waals surface area (Å²) in [5, 5.41) is 4.56. The Balaban J connectivity index is 0.00000552. The van der Waals surface area contributed by atoms with Gasteiger partial charge >= 0.3 is 6.09 Å². The van der Waals surface area contributed by atoms with Crippen molar-refractivity contribution in [3.05, 3.63) is 64.4 Å². The lowest BCUT2D eigenvalue weighted by molar-refractivity contribution is -0.119. The summed E-state index contributed by atoms with van der Waals surface area (Å²) in [4.78, 5) is 36.7. The molecule has 1 aliphatic heterocycles. The Bertz CT molecular complexity index is 1470. The van der Waals surface area contributed by atoms with Crippen LogP contribution in [0.25, 0.3) is 11.1 Å². The maximum atomic E-state index is 13.2. The number of rotatable bonds is 10. The minimum atomic E-state index is -0.637. The quantitative estimate of drug-likeness (QED) is 0.173. The topological polar surface area (TPSA) is 103 Å². The number of methoxy groups -OCH3 is 2. The van der Waals surface area contributed by atoms with E-state index in [2.05, 4.69) is 15.3 Å². The van der Waals surface area contributed by atoms with Crippen molar-refractivity contribution >= 4 is 59.4 Å². The van der Waals surface area contributed by atoms with Crippen LogP contribution in [0.2, 0.25) is 10.0 Å². The minimum Gasteiger partial charge on any atom is -0.493 e. The summed E-state index contributed by atoms with van der Waals surface area (Å²) in [5.41, 5.74) is 2.10. The van der Waals surface area contributed by atoms with Gasteiger partial charge in [0.15, 0.2) is 16.7 Å². The van der Waals surface area contributed by atoms with E-state index in [9.17, 15) is 9.59 Å². The first-order valence-corrected chi connectivity index (χ1v) is 16.0. The van der Waals surface area contributed by atoms with Crippen LogP contribution in [0.3, 0.4) is 0 Å². The molecule has 9 nitrogen and oxygen atoms in total. The molecule has 45 heavy (non-hydrogen) atoms. The van der Waals surface area contributed by atoms with Gasteiger partial charge in [-0.3, -0.25) is 4.79 Å². The maximum Gasteiger partial charge on any atom is 0.410 e. The number of benzene rings is 2. The maximum absolute atomic E-state index is 13.2. The Morgan fingerprint density at radius 1 is 1.02 bits per heavy atom. The molecular weight excluding hydrogens is 659 g/mol. The Labute approximate surface area is 285 Å². The number of hydrogen-bond acceptors (Lipinski definition) is 8. The monoisotopic (exact) mass is 696 g/mol. The average Bonchev–Trinajstić information content (AvgIpc) is 3.41. The lowest BCUT2D eigenvalue weighted by atomic mass is 9.95. The highest BCUT2D eigenvalue weighted by molar-refractivity contribution is 7.99. The van der Waals surface area contributed by atoms with Crippen LogP contribution >= 0.6 is 47.4 Å². The predicted molar refractivity (Wildman–Crippen MR) is 181 cm³/mol. The molecular formula is C32H39Cl3N4O5S. The van der Waals surface area contributed by atoms with Crippen LogP contribution in [0.4, 0.5) is 4.79 Å². The van der Waals surface area contributed by atoms with Crippen LogP contribution in [0.15, 0.2) is 53.9 Å². The van der Waals surface area contributed by atoms with Crippen molar-refractivity contribution in [2.45, 2.75) is 63.4 Å². The number of hydrogen-bond donors (Lipinski definition) is 1. The van der Waals surface area contributed by atoms with Crippen LogP contribution < -0.4 is 14.8 Å². The molecule has 0 radical (unpaired) electrons. The second-order valence-electron chi connectivity index (χ2n) is 11.7. The molecule has 0 aliphatic carbocycles. The standard InChI is InChI=1S/C32H38Cl2N4O5S.ClH/c1-19(26-13-21(11-20-7-9-24(33)25(34)12-20)17-38(26)31(40)43-32(2,3)4)37-29(39)18-44-30-35-15-23(16-36-30)22-8-10-27(41-5)28(14-22)42-6;/h7-10,12,14-16,19,21,26H,11,13,17-18H2,1-6H3,(H,37,39);1H/t19?,21-,26+;/m1./s1. The summed E-state index contributed by atoms with van der Waals surface area (Å²) in [6.07, 6.45) is 4.46. The average molecular weight is 698 g/mol. The van der Waals surface area contributed by atoms with E-state index < -0.39 is 11.7 Å². The second-order valence-corrected chi connectivity index (χ2v) is 13.5. The zero-order chi connectivity index (χ0) is 32.0. The van der Waals surface area contributed by atoms with E-state index in [0.717, 1.165) is 23.1 Å². The summed E-state index contributed by atoms with van der Waals surface area (Å²) in [7, 11) is 3.17. The molecule has 1 unspecified atom stereocenters. The zero-order valence-corrected chi connectivity index (χ0v) is 29.3. The molecule has 1 aromatic heterocycles. The molecule has 2 aromatic carbocycles. The lowest BCUT2D eigenvalue weighted by Crippen LogP contribution is -2.50. The zero-order valence-electron chi connectivity index (χ0n) is 26.1. The van der Waals surface area contributed by atoms with E-state index in [-0.39, 0.29) is 42.1 Å². The van der Waals surface area contributed by atoms with E-state index in [1.807, 2.05) is 58.0 Å². The van der Waals surface area contributed by atoms with Gasteiger partial charge in [-0.1, -0.05) is 47.1 Å². The van der Waals surface area contributed by atoms with Crippen molar-refractivity contribution in [2.24, 2.45) is 5.92 Å². The molecule has 0 bridgehead atoms. The highest BCUT2D eigenvalue weighted by Crippen LogP contribution is 2.33. The third kappa shape index (κ3) is 10.0. The van der Waals surface area contributed by atoms with Gasteiger partial charge in [0, 0.05) is 30.5 Å². The number of nitrogens with one attached hydrogen (secondary N) is 1. The summed E-state index contributed by atoms with van der Waals surface area (Å²) < 4.78 is 16.4. The van der Waals surface area contributed by atoms with Gasteiger partial charge in [-0.25, -0.2) is 14.8 Å². The van der Waals surface area contributed by atoms with E-state index >= 15 is 0 Å². The van der Waals surface area contributed by atoms with Crippen LogP contribution in [0, 0.1) is 5.92 Å². The molecule has 2 heterocycles. The first-order chi connectivity index (χ1) is 20.9. The van der Waals surface area contributed by atoms with Crippen molar-refractivity contribution in [2.75, 3.05) is 26.5 Å². The number of carbonyl (C=O) groups excluding carboxylic acids is 2. The molecule has 1 N–H and O–H groups in total. The third-order valence-corrected chi connectivity index (χ3v) is 8.82. The number of nitrogens with zero attached hydrogens (tertiary/aromatic N) is 3. The number of carbonyl (C=O) groups is 2. The van der Waals surface area contributed by atoms with Crippen LogP contribution in [0.1, 0.15) is 39.7 Å². The highest BCUT2D eigenvalue weighted by Gasteiger charge is 2.40. The van der Waals surface area contributed by atoms with Crippen molar-refractivity contribution in [3.8, 4) is 22.6 Å². The fraction of sp³-hybridized carbons (Fsp3) is 0.438. The minimum absolute atomic E-state index is 0. The summed E-state index contributed by atoms with van der Waals surface area (Å²) >= 11 is 13.6. The summed E-state index contributed by atoms with van der Waals surface area (Å²) in [6, 6.07) is 10.6. The molecule has 4 rings (SSSR count). The normalized spacial score (nSPS) is 16.8. The Kier molecular flexibility index (Phi) is 13.1. The fourth-order valence-electron chi connectivity index (χ4n) is 5.19. The van der Waals surface area contributed by atoms with Gasteiger partial charge in [0.05, 0.1) is 36.1 Å². The second kappa shape index (κ2) is 16.1. The highest BCUT2D eigenvalue weighted by atomic mass is 35.5. The molecule has 2 amide bonds. The molecule has 1 saturated heterocycles. The number of likely N-dealkylation sites (tertiary alicyclic amines) is 1. The number of halogens is 3. The molecule has 1 fully saturated rings. The van der Waals surface area contributed by atoms with Crippen molar-refractivity contribution in [3.63, 3.8) is 0 Å². The number of amides is 2. The largest absolute Gasteiger partial charge is 0.493 e. The first-order valence-electron chi connectivity index (χ1n) is 14.3. The van der Waals surface area contributed by atoms with E-state index in [0.29, 0.717) is 39.7 Å². The molecule has 0 saturated carbocycles. The van der Waals surface area contributed by atoms with Crippen LogP contribution in [-0.2, 0) is 16.0 Å².